The molecule has 4 rings (SSSR count). The number of carbonyl (C=O) groups excluding carboxylic acids is 2. The Balaban J connectivity index is 1.35. The fourth-order valence-electron chi connectivity index (χ4n) is 4.49. The molecule has 2 aliphatic heterocycles. The molecule has 0 aliphatic carbocycles. The Morgan fingerprint density at radius 1 is 0.967 bits per heavy atom. The molecule has 3 heterocycles. The molecule has 0 atom stereocenters. The van der Waals surface area contributed by atoms with Crippen molar-refractivity contribution in [2.24, 2.45) is 5.92 Å². The summed E-state index contributed by atoms with van der Waals surface area (Å²) in [5, 5.41) is 3.08. The van der Waals surface area contributed by atoms with Crippen molar-refractivity contribution in [2.75, 3.05) is 36.4 Å². The number of nitrogens with zero attached hydrogens (tertiary/aromatic N) is 3. The molecule has 0 saturated carbocycles. The van der Waals surface area contributed by atoms with E-state index < -0.39 is 0 Å². The molecule has 1 aromatic heterocycles. The summed E-state index contributed by atoms with van der Waals surface area (Å²) < 4.78 is 0. The summed E-state index contributed by atoms with van der Waals surface area (Å²) in [4.78, 5) is 34.0. The van der Waals surface area contributed by atoms with Crippen LogP contribution >= 0.6 is 0 Å². The molecule has 6 heteroatoms. The van der Waals surface area contributed by atoms with E-state index in [1.165, 1.54) is 0 Å². The van der Waals surface area contributed by atoms with E-state index in [0.717, 1.165) is 74.5 Å². The molecule has 2 saturated heterocycles. The van der Waals surface area contributed by atoms with Crippen LogP contribution in [0.2, 0.25) is 0 Å². The van der Waals surface area contributed by atoms with Crippen LogP contribution in [0.25, 0.3) is 0 Å². The quantitative estimate of drug-likeness (QED) is 0.839. The highest BCUT2D eigenvalue weighted by molar-refractivity contribution is 5.95. The van der Waals surface area contributed by atoms with Crippen LogP contribution in [0, 0.1) is 19.8 Å². The van der Waals surface area contributed by atoms with Crippen molar-refractivity contribution >= 4 is 23.3 Å². The van der Waals surface area contributed by atoms with Crippen LogP contribution < -0.4 is 10.2 Å². The van der Waals surface area contributed by atoms with Crippen LogP contribution in [-0.2, 0) is 4.79 Å². The Kier molecular flexibility index (Phi) is 6.02. The first-order valence-electron chi connectivity index (χ1n) is 10.9. The monoisotopic (exact) mass is 406 g/mol. The Morgan fingerprint density at radius 3 is 2.30 bits per heavy atom. The van der Waals surface area contributed by atoms with Crippen molar-refractivity contribution in [3.8, 4) is 0 Å². The number of nitrogens with one attached hydrogen (secondary N) is 1. The molecule has 1 N–H and O–H groups in total. The average molecular weight is 407 g/mol. The van der Waals surface area contributed by atoms with Gasteiger partial charge in [-0.15, -0.1) is 0 Å². The first-order valence-corrected chi connectivity index (χ1v) is 10.9. The van der Waals surface area contributed by atoms with Gasteiger partial charge in [-0.3, -0.25) is 9.59 Å². The number of likely N-dealkylation sites (tertiary alicyclic amines) is 1. The topological polar surface area (TPSA) is 65.5 Å². The second-order valence-corrected chi connectivity index (χ2v) is 8.53. The third-order valence-electron chi connectivity index (χ3n) is 6.06. The van der Waals surface area contributed by atoms with Gasteiger partial charge in [0.1, 0.15) is 5.82 Å². The summed E-state index contributed by atoms with van der Waals surface area (Å²) in [6.07, 6.45) is 5.45. The van der Waals surface area contributed by atoms with Crippen LogP contribution in [-0.4, -0.2) is 47.9 Å². The lowest BCUT2D eigenvalue weighted by atomic mass is 9.95. The number of benzene rings is 1. The number of carbonyl (C=O) groups is 2. The molecule has 158 valence electrons. The second kappa shape index (κ2) is 8.86. The van der Waals surface area contributed by atoms with Gasteiger partial charge in [0.05, 0.1) is 0 Å². The molecule has 30 heavy (non-hydrogen) atoms. The highest BCUT2D eigenvalue weighted by Crippen LogP contribution is 2.25. The number of rotatable bonds is 4. The SMILES string of the molecule is Cc1cc(C)cc(NC(=O)C2CCN(c3cc(C(=O)N4CCCC4)ccn3)CC2)c1. The number of piperidine rings is 1. The lowest BCUT2D eigenvalue weighted by molar-refractivity contribution is -0.120. The van der Waals surface area contributed by atoms with Gasteiger partial charge in [-0.1, -0.05) is 6.07 Å². The zero-order chi connectivity index (χ0) is 21.1. The van der Waals surface area contributed by atoms with E-state index in [-0.39, 0.29) is 17.7 Å². The third-order valence-corrected chi connectivity index (χ3v) is 6.06. The largest absolute Gasteiger partial charge is 0.357 e. The number of anilines is 2. The maximum absolute atomic E-state index is 12.7. The summed E-state index contributed by atoms with van der Waals surface area (Å²) in [6, 6.07) is 9.81. The van der Waals surface area contributed by atoms with Gasteiger partial charge in [-0.2, -0.15) is 0 Å². The van der Waals surface area contributed by atoms with E-state index in [1.54, 1.807) is 12.3 Å². The first kappa shape index (κ1) is 20.4. The molecule has 0 bridgehead atoms. The van der Waals surface area contributed by atoms with Gasteiger partial charge in [0.15, 0.2) is 0 Å². The lowest BCUT2D eigenvalue weighted by Crippen LogP contribution is -2.38. The van der Waals surface area contributed by atoms with Crippen LogP contribution in [0.4, 0.5) is 11.5 Å². The minimum absolute atomic E-state index is 0.00326. The zero-order valence-electron chi connectivity index (χ0n) is 17.9. The van der Waals surface area contributed by atoms with Crippen LogP contribution in [0.15, 0.2) is 36.5 Å². The molecule has 2 aliphatic rings. The van der Waals surface area contributed by atoms with Crippen LogP contribution in [0.1, 0.15) is 47.2 Å². The van der Waals surface area contributed by atoms with Gasteiger partial charge in [0.2, 0.25) is 5.91 Å². The van der Waals surface area contributed by atoms with Gasteiger partial charge in [-0.25, -0.2) is 4.98 Å². The Labute approximate surface area is 178 Å². The summed E-state index contributed by atoms with van der Waals surface area (Å²) in [7, 11) is 0. The fraction of sp³-hybridized carbons (Fsp3) is 0.458. The van der Waals surface area contributed by atoms with Gasteiger partial charge in [-0.05, 0) is 74.9 Å². The van der Waals surface area contributed by atoms with Gasteiger partial charge in [0.25, 0.3) is 5.91 Å². The third kappa shape index (κ3) is 4.64. The molecule has 0 spiro atoms. The number of hydrogen-bond acceptors (Lipinski definition) is 4. The Bertz CT molecular complexity index is 908. The number of pyridine rings is 1. The summed E-state index contributed by atoms with van der Waals surface area (Å²) in [5.41, 5.74) is 3.87. The molecular weight excluding hydrogens is 376 g/mol. The van der Waals surface area contributed by atoms with Crippen LogP contribution in [0.5, 0.6) is 0 Å². The zero-order valence-corrected chi connectivity index (χ0v) is 17.9. The normalized spacial score (nSPS) is 17.3. The molecule has 2 fully saturated rings. The molecule has 6 nitrogen and oxygen atoms in total. The Morgan fingerprint density at radius 2 is 1.63 bits per heavy atom. The highest BCUT2D eigenvalue weighted by atomic mass is 16.2. The van der Waals surface area contributed by atoms with Gasteiger partial charge < -0.3 is 15.1 Å². The smallest absolute Gasteiger partial charge is 0.254 e. The van der Waals surface area contributed by atoms with Crippen molar-refractivity contribution in [1.29, 1.82) is 0 Å². The number of aryl methyl sites for hydroxylation is 2. The van der Waals surface area contributed by atoms with E-state index in [1.807, 2.05) is 36.9 Å². The van der Waals surface area contributed by atoms with E-state index in [4.69, 9.17) is 0 Å². The Hall–Kier alpha value is -2.89. The van der Waals surface area contributed by atoms with E-state index in [0.29, 0.717) is 5.56 Å². The fourth-order valence-corrected chi connectivity index (χ4v) is 4.49. The van der Waals surface area contributed by atoms with Gasteiger partial charge >= 0.3 is 0 Å². The standard InChI is InChI=1S/C24H30N4O2/c1-17-13-18(2)15-21(14-17)26-23(29)19-6-11-27(12-7-19)22-16-20(5-8-25-22)24(30)28-9-3-4-10-28/h5,8,13-16,19H,3-4,6-7,9-12H2,1-2H3,(H,26,29). The molecule has 0 radical (unpaired) electrons. The predicted molar refractivity (Wildman–Crippen MR) is 119 cm³/mol. The minimum Gasteiger partial charge on any atom is -0.357 e. The van der Waals surface area contributed by atoms with Crippen molar-refractivity contribution < 1.29 is 9.59 Å². The van der Waals surface area contributed by atoms with Crippen molar-refractivity contribution in [3.63, 3.8) is 0 Å². The molecular formula is C24H30N4O2. The number of amides is 2. The summed E-state index contributed by atoms with van der Waals surface area (Å²) in [6.45, 7) is 7.29. The van der Waals surface area contributed by atoms with E-state index >= 15 is 0 Å². The minimum atomic E-state index is -0.00326. The average Bonchev–Trinajstić information content (AvgIpc) is 3.27. The second-order valence-electron chi connectivity index (χ2n) is 8.53. The number of aromatic nitrogens is 1. The maximum atomic E-state index is 12.7. The van der Waals surface area contributed by atoms with Crippen molar-refractivity contribution in [3.05, 3.63) is 53.2 Å². The molecule has 2 amide bonds. The summed E-state index contributed by atoms with van der Waals surface area (Å²) in [5.74, 6) is 1.01. The van der Waals surface area contributed by atoms with E-state index in [2.05, 4.69) is 21.3 Å². The maximum Gasteiger partial charge on any atom is 0.254 e. The lowest BCUT2D eigenvalue weighted by Gasteiger charge is -2.32. The van der Waals surface area contributed by atoms with Crippen molar-refractivity contribution in [1.82, 2.24) is 9.88 Å². The first-order chi connectivity index (χ1) is 14.5. The molecule has 1 aromatic carbocycles. The number of hydrogen-bond donors (Lipinski definition) is 1. The predicted octanol–water partition coefficient (Wildman–Crippen LogP) is 3.79. The van der Waals surface area contributed by atoms with Gasteiger partial charge in [0, 0.05) is 49.5 Å². The van der Waals surface area contributed by atoms with Crippen LogP contribution in [0.3, 0.4) is 0 Å². The molecule has 0 unspecified atom stereocenters. The van der Waals surface area contributed by atoms with Crippen molar-refractivity contribution in [2.45, 2.75) is 39.5 Å². The summed E-state index contributed by atoms with van der Waals surface area (Å²) >= 11 is 0. The van der Waals surface area contributed by atoms with E-state index in [9.17, 15) is 9.59 Å². The molecule has 2 aromatic rings. The highest BCUT2D eigenvalue weighted by Gasteiger charge is 2.27.